The maximum Gasteiger partial charge on any atom is 0.170 e. The van der Waals surface area contributed by atoms with Gasteiger partial charge >= 0.3 is 0 Å². The van der Waals surface area contributed by atoms with Gasteiger partial charge in [0.1, 0.15) is 5.82 Å². The van der Waals surface area contributed by atoms with Gasteiger partial charge in [-0.15, -0.1) is 0 Å². The van der Waals surface area contributed by atoms with Gasteiger partial charge in [0.15, 0.2) is 5.11 Å². The highest BCUT2D eigenvalue weighted by Crippen LogP contribution is 2.39. The second-order valence-corrected chi connectivity index (χ2v) is 8.79. The van der Waals surface area contributed by atoms with Gasteiger partial charge in [-0.2, -0.15) is 0 Å². The predicted molar refractivity (Wildman–Crippen MR) is 130 cm³/mol. The molecule has 2 fully saturated rings. The van der Waals surface area contributed by atoms with Crippen molar-refractivity contribution in [2.75, 3.05) is 39.4 Å². The van der Waals surface area contributed by atoms with E-state index in [1.165, 1.54) is 12.1 Å². The first kappa shape index (κ1) is 22.0. The van der Waals surface area contributed by atoms with Gasteiger partial charge in [0, 0.05) is 50.0 Å². The van der Waals surface area contributed by atoms with E-state index in [4.69, 9.17) is 17.0 Å². The summed E-state index contributed by atoms with van der Waals surface area (Å²) in [4.78, 5) is 9.36. The van der Waals surface area contributed by atoms with Crippen molar-refractivity contribution in [3.05, 3.63) is 84.2 Å². The van der Waals surface area contributed by atoms with E-state index in [1.54, 1.807) is 12.1 Å². The van der Waals surface area contributed by atoms with Crippen molar-refractivity contribution in [1.82, 2.24) is 24.7 Å². The number of thiocarbonyl (C=S) groups is 1. The van der Waals surface area contributed by atoms with E-state index in [0.717, 1.165) is 68.0 Å². The quantitative estimate of drug-likeness (QED) is 0.537. The van der Waals surface area contributed by atoms with Gasteiger partial charge in [0.25, 0.3) is 0 Å². The molecule has 0 aliphatic carbocycles. The van der Waals surface area contributed by atoms with Gasteiger partial charge in [-0.3, -0.25) is 9.88 Å². The van der Waals surface area contributed by atoms with Crippen LogP contribution in [-0.2, 0) is 4.74 Å². The zero-order valence-corrected chi connectivity index (χ0v) is 19.3. The Labute approximate surface area is 199 Å². The lowest BCUT2D eigenvalue weighted by Crippen LogP contribution is -2.39. The molecule has 2 atom stereocenters. The Hall–Kier alpha value is -2.81. The molecule has 0 amide bonds. The van der Waals surface area contributed by atoms with Crippen LogP contribution in [0.15, 0.2) is 67.0 Å². The Bertz CT molecular complexity index is 1070. The summed E-state index contributed by atoms with van der Waals surface area (Å²) < 4.78 is 21.1. The molecule has 2 unspecified atom stereocenters. The highest BCUT2D eigenvalue weighted by Gasteiger charge is 2.41. The fourth-order valence-electron chi connectivity index (χ4n) is 4.73. The van der Waals surface area contributed by atoms with Crippen LogP contribution in [0.3, 0.4) is 0 Å². The first-order chi connectivity index (χ1) is 16.2. The average Bonchev–Trinajstić information content (AvgIpc) is 3.45. The van der Waals surface area contributed by atoms with Crippen LogP contribution in [-0.4, -0.2) is 63.9 Å². The van der Waals surface area contributed by atoms with Crippen LogP contribution in [0.25, 0.3) is 5.69 Å². The molecule has 6 nitrogen and oxygen atoms in total. The highest BCUT2D eigenvalue weighted by molar-refractivity contribution is 7.80. The summed E-state index contributed by atoms with van der Waals surface area (Å²) in [7, 11) is 0. The van der Waals surface area contributed by atoms with Crippen LogP contribution in [0.1, 0.15) is 29.9 Å². The van der Waals surface area contributed by atoms with Crippen molar-refractivity contribution in [2.45, 2.75) is 18.5 Å². The van der Waals surface area contributed by atoms with Gasteiger partial charge in [-0.05, 0) is 67.2 Å². The SMILES string of the molecule is Fc1ccc(-n2cccc2C2C(c3ccccn3)NC(=S)N2CCCN2CCOCC2)cc1. The van der Waals surface area contributed by atoms with Crippen molar-refractivity contribution < 1.29 is 9.13 Å². The Morgan fingerprint density at radius 3 is 2.61 bits per heavy atom. The highest BCUT2D eigenvalue weighted by atomic mass is 32.1. The predicted octanol–water partition coefficient (Wildman–Crippen LogP) is 3.71. The monoisotopic (exact) mass is 465 g/mol. The number of ether oxygens (including phenoxy) is 1. The largest absolute Gasteiger partial charge is 0.379 e. The maximum absolute atomic E-state index is 13.6. The van der Waals surface area contributed by atoms with E-state index in [1.807, 2.05) is 36.7 Å². The number of hydrogen-bond donors (Lipinski definition) is 1. The van der Waals surface area contributed by atoms with Gasteiger partial charge in [0.05, 0.1) is 31.0 Å². The number of hydrogen-bond acceptors (Lipinski definition) is 4. The number of benzene rings is 1. The average molecular weight is 466 g/mol. The molecular formula is C25H28FN5OS. The zero-order valence-electron chi connectivity index (χ0n) is 18.4. The molecule has 0 radical (unpaired) electrons. The molecule has 0 bridgehead atoms. The Balaban J connectivity index is 1.44. The summed E-state index contributed by atoms with van der Waals surface area (Å²) >= 11 is 5.81. The molecule has 1 aromatic carbocycles. The molecule has 2 aromatic heterocycles. The summed E-state index contributed by atoms with van der Waals surface area (Å²) in [5.74, 6) is -0.243. The summed E-state index contributed by atoms with van der Waals surface area (Å²) in [6, 6.07) is 16.6. The van der Waals surface area contributed by atoms with Crippen LogP contribution in [0, 0.1) is 5.82 Å². The van der Waals surface area contributed by atoms with Gasteiger partial charge in [0.2, 0.25) is 0 Å². The Kier molecular flexibility index (Phi) is 6.66. The molecule has 5 rings (SSSR count). The molecule has 2 aliphatic rings. The van der Waals surface area contributed by atoms with E-state index in [2.05, 4.69) is 30.7 Å². The number of rotatable bonds is 7. The summed E-state index contributed by atoms with van der Waals surface area (Å²) in [6.07, 6.45) is 4.84. The zero-order chi connectivity index (χ0) is 22.6. The molecule has 0 spiro atoms. The minimum Gasteiger partial charge on any atom is -0.379 e. The lowest BCUT2D eigenvalue weighted by atomic mass is 10.0. The fourth-order valence-corrected chi connectivity index (χ4v) is 5.06. The standard InChI is InChI=1S/C25H28FN5OS/c26-19-7-9-20(10-8-19)30-13-3-6-22(30)24-23(21-5-1-2-11-27-21)28-25(33)31(24)14-4-12-29-15-17-32-18-16-29/h1-3,5-11,13,23-24H,4,12,14-18H2,(H,28,33). The van der Waals surface area contributed by atoms with Gasteiger partial charge in [-0.25, -0.2) is 4.39 Å². The van der Waals surface area contributed by atoms with E-state index >= 15 is 0 Å². The summed E-state index contributed by atoms with van der Waals surface area (Å²) in [5, 5.41) is 4.26. The number of pyridine rings is 1. The molecule has 2 aliphatic heterocycles. The molecule has 8 heteroatoms. The Morgan fingerprint density at radius 1 is 1.03 bits per heavy atom. The third-order valence-corrected chi connectivity index (χ3v) is 6.72. The van der Waals surface area contributed by atoms with Crippen molar-refractivity contribution in [3.8, 4) is 5.69 Å². The lowest BCUT2D eigenvalue weighted by molar-refractivity contribution is 0.0365. The molecular weight excluding hydrogens is 437 g/mol. The molecule has 0 saturated carbocycles. The number of nitrogens with one attached hydrogen (secondary N) is 1. The smallest absolute Gasteiger partial charge is 0.170 e. The van der Waals surface area contributed by atoms with Crippen LogP contribution in [0.5, 0.6) is 0 Å². The van der Waals surface area contributed by atoms with Gasteiger partial charge < -0.3 is 19.5 Å². The summed E-state index contributed by atoms with van der Waals surface area (Å²) in [5.41, 5.74) is 2.96. The van der Waals surface area contributed by atoms with Crippen molar-refractivity contribution in [2.24, 2.45) is 0 Å². The van der Waals surface area contributed by atoms with E-state index in [0.29, 0.717) is 0 Å². The summed E-state index contributed by atoms with van der Waals surface area (Å²) in [6.45, 7) is 5.43. The van der Waals surface area contributed by atoms with Crippen LogP contribution >= 0.6 is 12.2 Å². The number of halogens is 1. The lowest BCUT2D eigenvalue weighted by Gasteiger charge is -2.31. The number of morpholine rings is 1. The molecule has 33 heavy (non-hydrogen) atoms. The van der Waals surface area contributed by atoms with E-state index < -0.39 is 0 Å². The second-order valence-electron chi connectivity index (χ2n) is 8.41. The molecule has 1 N–H and O–H groups in total. The molecule has 3 aromatic rings. The van der Waals surface area contributed by atoms with Crippen molar-refractivity contribution >= 4 is 17.3 Å². The van der Waals surface area contributed by atoms with E-state index in [-0.39, 0.29) is 17.9 Å². The van der Waals surface area contributed by atoms with Crippen LogP contribution in [0.4, 0.5) is 4.39 Å². The number of nitrogens with zero attached hydrogens (tertiary/aromatic N) is 4. The topological polar surface area (TPSA) is 45.6 Å². The third kappa shape index (κ3) is 4.78. The molecule has 2 saturated heterocycles. The van der Waals surface area contributed by atoms with E-state index in [9.17, 15) is 4.39 Å². The van der Waals surface area contributed by atoms with Crippen LogP contribution < -0.4 is 5.32 Å². The third-order valence-electron chi connectivity index (χ3n) is 6.36. The first-order valence-electron chi connectivity index (χ1n) is 11.4. The maximum atomic E-state index is 13.6. The minimum absolute atomic E-state index is 0.0304. The Morgan fingerprint density at radius 2 is 1.85 bits per heavy atom. The second kappa shape index (κ2) is 9.99. The van der Waals surface area contributed by atoms with Crippen molar-refractivity contribution in [3.63, 3.8) is 0 Å². The normalized spacial score (nSPS) is 21.4. The van der Waals surface area contributed by atoms with Crippen LogP contribution in [0.2, 0.25) is 0 Å². The number of aromatic nitrogens is 2. The molecule has 172 valence electrons. The molecule has 4 heterocycles. The van der Waals surface area contributed by atoms with Gasteiger partial charge in [-0.1, -0.05) is 6.07 Å². The van der Waals surface area contributed by atoms with Crippen molar-refractivity contribution in [1.29, 1.82) is 0 Å². The minimum atomic E-state index is -0.243. The fraction of sp³-hybridized carbons (Fsp3) is 0.360. The first-order valence-corrected chi connectivity index (χ1v) is 11.8.